The molecule has 1 aliphatic heterocycles. The number of anilines is 1. The highest BCUT2D eigenvalue weighted by Gasteiger charge is 2.30. The van der Waals surface area contributed by atoms with Gasteiger partial charge in [-0.25, -0.2) is 4.79 Å². The third-order valence-electron chi connectivity index (χ3n) is 4.20. The third kappa shape index (κ3) is 4.21. The number of nitrogens with one attached hydrogen (secondary N) is 2. The summed E-state index contributed by atoms with van der Waals surface area (Å²) in [5.74, 6) is -0.458. The first kappa shape index (κ1) is 18.8. The van der Waals surface area contributed by atoms with Gasteiger partial charge in [0.15, 0.2) is 5.69 Å². The second-order valence-corrected chi connectivity index (χ2v) is 7.66. The molecule has 3 rings (SSSR count). The van der Waals surface area contributed by atoms with E-state index >= 15 is 0 Å². The first-order valence-corrected chi connectivity index (χ1v) is 8.79. The summed E-state index contributed by atoms with van der Waals surface area (Å²) >= 11 is 0. The zero-order valence-electron chi connectivity index (χ0n) is 15.9. The Labute approximate surface area is 157 Å². The number of carbonyl (C=O) groups is 2. The van der Waals surface area contributed by atoms with E-state index in [1.54, 1.807) is 23.1 Å². The predicted octanol–water partition coefficient (Wildman–Crippen LogP) is 2.97. The molecule has 1 aliphatic rings. The molecule has 0 saturated heterocycles. The standard InChI is InChI=1S/C19H24N4O4/c1-11-5-6-14(15(24)9-11)20-17(25)16-12-10-23(8-7-13(12)21-22-16)18(26)27-19(2,3)4/h5-6,9,24H,7-8,10H2,1-4H3,(H,20,25)(H,21,22). The van der Waals surface area contributed by atoms with Crippen LogP contribution in [0.5, 0.6) is 5.75 Å². The molecule has 144 valence electrons. The van der Waals surface area contributed by atoms with Crippen LogP contribution in [0.15, 0.2) is 18.2 Å². The monoisotopic (exact) mass is 372 g/mol. The molecule has 0 aliphatic carbocycles. The molecule has 8 heteroatoms. The van der Waals surface area contributed by atoms with E-state index in [4.69, 9.17) is 4.74 Å². The van der Waals surface area contributed by atoms with Crippen molar-refractivity contribution in [3.8, 4) is 5.75 Å². The average Bonchev–Trinajstić information content (AvgIpc) is 2.99. The topological polar surface area (TPSA) is 108 Å². The minimum atomic E-state index is -0.586. The number of carbonyl (C=O) groups excluding carboxylic acids is 2. The number of benzene rings is 1. The van der Waals surface area contributed by atoms with Crippen LogP contribution >= 0.6 is 0 Å². The van der Waals surface area contributed by atoms with Crippen molar-refractivity contribution >= 4 is 17.7 Å². The molecule has 0 atom stereocenters. The fourth-order valence-electron chi connectivity index (χ4n) is 2.89. The van der Waals surface area contributed by atoms with Gasteiger partial charge in [0.2, 0.25) is 0 Å². The molecule has 0 bridgehead atoms. The third-order valence-corrected chi connectivity index (χ3v) is 4.20. The number of aromatic hydroxyl groups is 1. The smallest absolute Gasteiger partial charge is 0.410 e. The van der Waals surface area contributed by atoms with E-state index < -0.39 is 17.6 Å². The number of ether oxygens (including phenoxy) is 1. The summed E-state index contributed by atoms with van der Waals surface area (Å²) in [5, 5.41) is 19.6. The summed E-state index contributed by atoms with van der Waals surface area (Å²) in [7, 11) is 0. The highest BCUT2D eigenvalue weighted by Crippen LogP contribution is 2.26. The Kier molecular flexibility index (Phi) is 4.82. The van der Waals surface area contributed by atoms with Gasteiger partial charge in [-0.05, 0) is 45.4 Å². The number of phenols is 1. The SMILES string of the molecule is Cc1ccc(NC(=O)c2n[nH]c3c2CN(C(=O)OC(C)(C)C)CC3)c(O)c1. The largest absolute Gasteiger partial charge is 0.506 e. The van der Waals surface area contributed by atoms with Crippen LogP contribution in [-0.4, -0.2) is 44.4 Å². The number of fused-ring (bicyclic) bond motifs is 1. The van der Waals surface area contributed by atoms with Gasteiger partial charge in [0.25, 0.3) is 5.91 Å². The molecule has 8 nitrogen and oxygen atoms in total. The Balaban J connectivity index is 1.77. The molecule has 0 radical (unpaired) electrons. The summed E-state index contributed by atoms with van der Waals surface area (Å²) in [6, 6.07) is 4.99. The highest BCUT2D eigenvalue weighted by atomic mass is 16.6. The molecule has 2 aromatic rings. The number of aromatic amines is 1. The van der Waals surface area contributed by atoms with E-state index in [0.29, 0.717) is 24.2 Å². The Hall–Kier alpha value is -3.03. The van der Waals surface area contributed by atoms with Crippen LogP contribution in [0, 0.1) is 6.92 Å². The number of nitrogens with zero attached hydrogens (tertiary/aromatic N) is 2. The quantitative estimate of drug-likeness (QED) is 0.703. The van der Waals surface area contributed by atoms with Crippen molar-refractivity contribution < 1.29 is 19.4 Å². The number of rotatable bonds is 2. The van der Waals surface area contributed by atoms with Crippen LogP contribution in [-0.2, 0) is 17.7 Å². The molecule has 3 N–H and O–H groups in total. The van der Waals surface area contributed by atoms with Crippen molar-refractivity contribution in [1.82, 2.24) is 15.1 Å². The Morgan fingerprint density at radius 1 is 1.33 bits per heavy atom. The van der Waals surface area contributed by atoms with Crippen molar-refractivity contribution in [1.29, 1.82) is 0 Å². The van der Waals surface area contributed by atoms with Gasteiger partial charge in [-0.15, -0.1) is 0 Å². The summed E-state index contributed by atoms with van der Waals surface area (Å²) in [5.41, 5.74) is 2.30. The van der Waals surface area contributed by atoms with Crippen LogP contribution in [0.4, 0.5) is 10.5 Å². The zero-order valence-corrected chi connectivity index (χ0v) is 15.9. The van der Waals surface area contributed by atoms with E-state index in [-0.39, 0.29) is 18.0 Å². The number of H-pyrrole nitrogens is 1. The van der Waals surface area contributed by atoms with E-state index in [0.717, 1.165) is 11.3 Å². The van der Waals surface area contributed by atoms with Gasteiger partial charge < -0.3 is 20.1 Å². The van der Waals surface area contributed by atoms with Crippen LogP contribution in [0.25, 0.3) is 0 Å². The van der Waals surface area contributed by atoms with E-state index in [1.807, 2.05) is 27.7 Å². The van der Waals surface area contributed by atoms with Gasteiger partial charge in [0.05, 0.1) is 12.2 Å². The zero-order chi connectivity index (χ0) is 19.8. The van der Waals surface area contributed by atoms with E-state index in [1.165, 1.54) is 0 Å². The molecule has 0 unspecified atom stereocenters. The lowest BCUT2D eigenvalue weighted by Gasteiger charge is -2.30. The summed E-state index contributed by atoms with van der Waals surface area (Å²) < 4.78 is 5.41. The van der Waals surface area contributed by atoms with E-state index in [2.05, 4.69) is 15.5 Å². The summed E-state index contributed by atoms with van der Waals surface area (Å²) in [6.45, 7) is 8.01. The number of aryl methyl sites for hydroxylation is 1. The minimum Gasteiger partial charge on any atom is -0.506 e. The summed E-state index contributed by atoms with van der Waals surface area (Å²) in [4.78, 5) is 26.5. The lowest BCUT2D eigenvalue weighted by molar-refractivity contribution is 0.0222. The first-order chi connectivity index (χ1) is 12.6. The van der Waals surface area contributed by atoms with Gasteiger partial charge >= 0.3 is 6.09 Å². The lowest BCUT2D eigenvalue weighted by atomic mass is 10.1. The molecular formula is C19H24N4O4. The maximum absolute atomic E-state index is 12.7. The number of phenolic OH excluding ortho intramolecular Hbond substituents is 1. The number of aromatic nitrogens is 2. The van der Waals surface area contributed by atoms with Gasteiger partial charge in [-0.2, -0.15) is 5.10 Å². The predicted molar refractivity (Wildman–Crippen MR) is 99.7 cm³/mol. The molecule has 2 amide bonds. The molecule has 0 saturated carbocycles. The maximum Gasteiger partial charge on any atom is 0.410 e. The van der Waals surface area contributed by atoms with Gasteiger partial charge in [0, 0.05) is 24.2 Å². The average molecular weight is 372 g/mol. The molecule has 0 fully saturated rings. The molecule has 2 heterocycles. The Bertz CT molecular complexity index is 882. The van der Waals surface area contributed by atoms with Crippen LogP contribution in [0.1, 0.15) is 48.1 Å². The Morgan fingerprint density at radius 3 is 2.74 bits per heavy atom. The van der Waals surface area contributed by atoms with Gasteiger partial charge in [0.1, 0.15) is 11.4 Å². The summed E-state index contributed by atoms with van der Waals surface area (Å²) in [6.07, 6.45) is 0.141. The van der Waals surface area contributed by atoms with Crippen LogP contribution in [0.3, 0.4) is 0 Å². The maximum atomic E-state index is 12.7. The molecule has 27 heavy (non-hydrogen) atoms. The number of hydrogen-bond acceptors (Lipinski definition) is 5. The van der Waals surface area contributed by atoms with Crippen molar-refractivity contribution in [2.45, 2.75) is 46.3 Å². The lowest BCUT2D eigenvalue weighted by Crippen LogP contribution is -2.40. The molecular weight excluding hydrogens is 348 g/mol. The van der Waals surface area contributed by atoms with Gasteiger partial charge in [-0.3, -0.25) is 9.89 Å². The fourth-order valence-corrected chi connectivity index (χ4v) is 2.89. The van der Waals surface area contributed by atoms with Crippen molar-refractivity contribution in [3.05, 3.63) is 40.7 Å². The normalized spacial score (nSPS) is 13.9. The second-order valence-electron chi connectivity index (χ2n) is 7.66. The molecule has 1 aromatic heterocycles. The van der Waals surface area contributed by atoms with Crippen LogP contribution < -0.4 is 5.32 Å². The fraction of sp³-hybridized carbons (Fsp3) is 0.421. The van der Waals surface area contributed by atoms with Crippen molar-refractivity contribution in [2.24, 2.45) is 0 Å². The number of hydrogen-bond donors (Lipinski definition) is 3. The Morgan fingerprint density at radius 2 is 2.07 bits per heavy atom. The first-order valence-electron chi connectivity index (χ1n) is 8.79. The van der Waals surface area contributed by atoms with Crippen molar-refractivity contribution in [3.63, 3.8) is 0 Å². The molecule has 1 aromatic carbocycles. The number of amides is 2. The highest BCUT2D eigenvalue weighted by molar-refractivity contribution is 6.04. The minimum absolute atomic E-state index is 0.0110. The van der Waals surface area contributed by atoms with E-state index in [9.17, 15) is 14.7 Å². The van der Waals surface area contributed by atoms with Crippen molar-refractivity contribution in [2.75, 3.05) is 11.9 Å². The molecule has 0 spiro atoms. The van der Waals surface area contributed by atoms with Crippen LogP contribution in [0.2, 0.25) is 0 Å². The van der Waals surface area contributed by atoms with Gasteiger partial charge in [-0.1, -0.05) is 6.07 Å². The second kappa shape index (κ2) is 6.94.